The van der Waals surface area contributed by atoms with Crippen molar-refractivity contribution in [1.29, 1.82) is 0 Å². The molecule has 1 aromatic rings. The van der Waals surface area contributed by atoms with Gasteiger partial charge in [-0.3, -0.25) is 0 Å². The summed E-state index contributed by atoms with van der Waals surface area (Å²) in [7, 11) is 0. The van der Waals surface area contributed by atoms with E-state index in [0.717, 1.165) is 5.92 Å². The predicted molar refractivity (Wildman–Crippen MR) is 85.3 cm³/mol. The highest BCUT2D eigenvalue weighted by Crippen LogP contribution is 2.16. The van der Waals surface area contributed by atoms with Crippen molar-refractivity contribution in [1.82, 2.24) is 0 Å². The molecule has 0 nitrogen and oxygen atoms in total. The second kappa shape index (κ2) is 7.91. The third-order valence-corrected chi connectivity index (χ3v) is 3.77. The van der Waals surface area contributed by atoms with Crippen molar-refractivity contribution in [2.75, 3.05) is 0 Å². The van der Waals surface area contributed by atoms with E-state index in [-0.39, 0.29) is 0 Å². The van der Waals surface area contributed by atoms with E-state index in [4.69, 9.17) is 0 Å². The fourth-order valence-corrected chi connectivity index (χ4v) is 2.22. The average Bonchev–Trinajstić information content (AvgIpc) is 2.28. The minimum absolute atomic E-state index is 0.824. The van der Waals surface area contributed by atoms with Crippen LogP contribution in [0.3, 0.4) is 0 Å². The van der Waals surface area contributed by atoms with Crippen LogP contribution in [-0.4, -0.2) is 0 Å². The lowest BCUT2D eigenvalue weighted by atomic mass is 9.96. The fourth-order valence-electron chi connectivity index (χ4n) is 1.87. The van der Waals surface area contributed by atoms with E-state index in [0.29, 0.717) is 0 Å². The Hall–Kier alpha value is -0.310. The zero-order valence-electron chi connectivity index (χ0n) is 11.2. The molecule has 1 atom stereocenters. The molecule has 0 radical (unpaired) electrons. The second-order valence-electron chi connectivity index (χ2n) is 5.13. The zero-order chi connectivity index (χ0) is 12.7. The molecular weight excluding hydrogens is 319 g/mol. The molecule has 94 valence electrons. The Balaban J connectivity index is 2.26. The first kappa shape index (κ1) is 14.7. The van der Waals surface area contributed by atoms with E-state index >= 15 is 0 Å². The third-order valence-electron chi connectivity index (χ3n) is 3.05. The maximum Gasteiger partial charge on any atom is 0.0130 e. The minimum atomic E-state index is 0.824. The zero-order valence-corrected chi connectivity index (χ0v) is 13.3. The van der Waals surface area contributed by atoms with Crippen LogP contribution < -0.4 is 0 Å². The molecule has 0 aliphatic carbocycles. The van der Waals surface area contributed by atoms with Crippen LogP contribution in [0.1, 0.15) is 45.6 Å². The van der Waals surface area contributed by atoms with Crippen molar-refractivity contribution in [3.8, 4) is 0 Å². The Morgan fingerprint density at radius 1 is 1.18 bits per heavy atom. The summed E-state index contributed by atoms with van der Waals surface area (Å²) in [6.07, 6.45) is 7.41. The van der Waals surface area contributed by atoms with E-state index in [1.807, 2.05) is 0 Å². The molecule has 0 unspecified atom stereocenters. The van der Waals surface area contributed by atoms with Gasteiger partial charge in [-0.2, -0.15) is 0 Å². The van der Waals surface area contributed by atoms with Crippen LogP contribution in [0, 0.1) is 9.49 Å². The first-order chi connectivity index (χ1) is 8.08. The highest BCUT2D eigenvalue weighted by atomic mass is 127. The van der Waals surface area contributed by atoms with Crippen molar-refractivity contribution >= 4 is 22.6 Å². The van der Waals surface area contributed by atoms with E-state index in [1.165, 1.54) is 40.4 Å². The lowest BCUT2D eigenvalue weighted by molar-refractivity contribution is 0.497. The predicted octanol–water partition coefficient (Wildman–Crippen LogP) is 5.61. The van der Waals surface area contributed by atoms with Crippen LogP contribution in [0.2, 0.25) is 0 Å². The molecule has 0 saturated carbocycles. The number of rotatable bonds is 6. The average molecular weight is 342 g/mol. The smallest absolute Gasteiger partial charge is 0.0130 e. The van der Waals surface area contributed by atoms with Gasteiger partial charge in [0.1, 0.15) is 0 Å². The Morgan fingerprint density at radius 3 is 2.41 bits per heavy atom. The number of halogens is 1. The molecule has 0 bridgehead atoms. The number of hydrogen-bond acceptors (Lipinski definition) is 0. The van der Waals surface area contributed by atoms with Gasteiger partial charge in [-0.05, 0) is 85.7 Å². The quantitative estimate of drug-likeness (QED) is 0.466. The van der Waals surface area contributed by atoms with Gasteiger partial charge in [0.15, 0.2) is 0 Å². The maximum atomic E-state index is 2.37. The van der Waals surface area contributed by atoms with Crippen LogP contribution in [0.4, 0.5) is 0 Å². The van der Waals surface area contributed by atoms with E-state index in [1.54, 1.807) is 0 Å². The Kier molecular flexibility index (Phi) is 6.86. The summed E-state index contributed by atoms with van der Waals surface area (Å²) in [5.74, 6) is 0.824. The third kappa shape index (κ3) is 6.87. The Bertz CT molecular complexity index is 344. The summed E-state index contributed by atoms with van der Waals surface area (Å²) in [5, 5.41) is 0. The topological polar surface area (TPSA) is 0 Å². The SMILES string of the molecule is CC(C)=CCC[C@@H](C)CCc1ccc(I)cc1. The summed E-state index contributed by atoms with van der Waals surface area (Å²) in [6.45, 7) is 6.72. The van der Waals surface area contributed by atoms with Crippen molar-refractivity contribution in [2.24, 2.45) is 5.92 Å². The fraction of sp³-hybridized carbons (Fsp3) is 0.500. The lowest BCUT2D eigenvalue weighted by Gasteiger charge is -2.10. The maximum absolute atomic E-state index is 2.37. The molecule has 0 saturated heterocycles. The molecule has 1 heteroatoms. The summed E-state index contributed by atoms with van der Waals surface area (Å²) in [5.41, 5.74) is 2.91. The van der Waals surface area contributed by atoms with Gasteiger partial charge in [-0.15, -0.1) is 0 Å². The van der Waals surface area contributed by atoms with Crippen LogP contribution in [-0.2, 0) is 6.42 Å². The molecule has 17 heavy (non-hydrogen) atoms. The van der Waals surface area contributed by atoms with Crippen LogP contribution in [0.15, 0.2) is 35.9 Å². The highest BCUT2D eigenvalue weighted by Gasteiger charge is 2.02. The van der Waals surface area contributed by atoms with Crippen molar-refractivity contribution in [3.05, 3.63) is 45.0 Å². The normalized spacial score (nSPS) is 12.2. The van der Waals surface area contributed by atoms with E-state index < -0.39 is 0 Å². The van der Waals surface area contributed by atoms with Crippen molar-refractivity contribution in [3.63, 3.8) is 0 Å². The van der Waals surface area contributed by atoms with Gasteiger partial charge in [-0.1, -0.05) is 30.7 Å². The van der Waals surface area contributed by atoms with E-state index in [2.05, 4.69) is 73.7 Å². The molecule has 0 N–H and O–H groups in total. The van der Waals surface area contributed by atoms with Gasteiger partial charge in [0.25, 0.3) is 0 Å². The summed E-state index contributed by atoms with van der Waals surface area (Å²) in [4.78, 5) is 0. The molecule has 1 aromatic carbocycles. The minimum Gasteiger partial charge on any atom is -0.0859 e. The molecule has 0 amide bonds. The van der Waals surface area contributed by atoms with Gasteiger partial charge in [0.2, 0.25) is 0 Å². The molecule has 0 aliphatic heterocycles. The van der Waals surface area contributed by atoms with E-state index in [9.17, 15) is 0 Å². The highest BCUT2D eigenvalue weighted by molar-refractivity contribution is 14.1. The summed E-state index contributed by atoms with van der Waals surface area (Å²) < 4.78 is 1.32. The molecule has 0 spiro atoms. The van der Waals surface area contributed by atoms with Gasteiger partial charge in [0, 0.05) is 3.57 Å². The number of allylic oxidation sites excluding steroid dienone is 2. The number of hydrogen-bond donors (Lipinski definition) is 0. The van der Waals surface area contributed by atoms with Crippen LogP contribution >= 0.6 is 22.6 Å². The largest absolute Gasteiger partial charge is 0.0859 e. The molecular formula is C16H23I. The second-order valence-corrected chi connectivity index (χ2v) is 6.37. The van der Waals surface area contributed by atoms with Crippen molar-refractivity contribution in [2.45, 2.75) is 46.5 Å². The number of benzene rings is 1. The molecule has 0 heterocycles. The van der Waals surface area contributed by atoms with Crippen LogP contribution in [0.25, 0.3) is 0 Å². The molecule has 0 fully saturated rings. The van der Waals surface area contributed by atoms with Gasteiger partial charge in [-0.25, -0.2) is 0 Å². The molecule has 0 aromatic heterocycles. The number of aryl methyl sites for hydroxylation is 1. The van der Waals surface area contributed by atoms with Gasteiger partial charge in [0.05, 0.1) is 0 Å². The lowest BCUT2D eigenvalue weighted by Crippen LogP contribution is -1.97. The first-order valence-electron chi connectivity index (χ1n) is 6.45. The Morgan fingerprint density at radius 2 is 1.82 bits per heavy atom. The molecule has 1 rings (SSSR count). The summed E-state index contributed by atoms with van der Waals surface area (Å²) >= 11 is 2.36. The first-order valence-corrected chi connectivity index (χ1v) is 7.53. The standard InChI is InChI=1S/C16H23I/c1-13(2)5-4-6-14(3)7-8-15-9-11-16(17)12-10-15/h5,9-12,14H,4,6-8H2,1-3H3/t14-/m1/s1. The van der Waals surface area contributed by atoms with Gasteiger partial charge < -0.3 is 0 Å². The van der Waals surface area contributed by atoms with Crippen molar-refractivity contribution < 1.29 is 0 Å². The monoisotopic (exact) mass is 342 g/mol. The molecule has 0 aliphatic rings. The van der Waals surface area contributed by atoms with Gasteiger partial charge >= 0.3 is 0 Å². The summed E-state index contributed by atoms with van der Waals surface area (Å²) in [6, 6.07) is 8.91. The van der Waals surface area contributed by atoms with Crippen LogP contribution in [0.5, 0.6) is 0 Å². The Labute approximate surface area is 120 Å².